The maximum atomic E-state index is 15.4. The molecule has 17 heteroatoms. The molecule has 2 aliphatic heterocycles. The van der Waals surface area contributed by atoms with Crippen LogP contribution in [0.25, 0.3) is 0 Å². The molecule has 4 aliphatic carbocycles. The second-order valence-electron chi connectivity index (χ2n) is 20.8. The number of nitrogens with one attached hydrogen (secondary N) is 5. The number of thioether (sulfide) groups is 1. The lowest BCUT2D eigenvalue weighted by Crippen LogP contribution is -2.56. The van der Waals surface area contributed by atoms with Gasteiger partial charge in [0.15, 0.2) is 0 Å². The van der Waals surface area contributed by atoms with Gasteiger partial charge >= 0.3 is 17.9 Å². The number of fused-ring (bicyclic) bond motifs is 1. The molecule has 2 spiro atoms. The van der Waals surface area contributed by atoms with E-state index in [0.29, 0.717) is 12.2 Å². The minimum Gasteiger partial charge on any atom is -0.478 e. The van der Waals surface area contributed by atoms with Crippen LogP contribution in [0.15, 0.2) is 77.3 Å². The molecular formula is C53H72N6O10S. The number of carbonyl (C=O) groups excluding carboxylic acids is 3. The second-order valence-corrected chi connectivity index (χ2v) is 22.0. The number of carbonyl (C=O) groups is 5. The fourth-order valence-electron chi connectivity index (χ4n) is 13.2. The Hall–Kier alpha value is -4.65. The van der Waals surface area contributed by atoms with Gasteiger partial charge in [0.1, 0.15) is 17.7 Å². The minimum absolute atomic E-state index is 0.0341. The van der Waals surface area contributed by atoms with E-state index in [1.54, 1.807) is 7.05 Å². The number of allylic oxidation sites excluding steroid dienone is 1. The molecule has 2 aromatic rings. The number of nitrogens with zero attached hydrogens (tertiary/aromatic N) is 1. The van der Waals surface area contributed by atoms with Crippen LogP contribution in [0.1, 0.15) is 120 Å². The molecule has 1 aromatic carbocycles. The molecule has 16 nitrogen and oxygen atoms in total. The summed E-state index contributed by atoms with van der Waals surface area (Å²) in [6.07, 6.45) is 16.9. The van der Waals surface area contributed by atoms with Gasteiger partial charge in [0.05, 0.1) is 5.25 Å². The zero-order valence-electron chi connectivity index (χ0n) is 40.4. The summed E-state index contributed by atoms with van der Waals surface area (Å²) in [6, 6.07) is 13.3. The molecule has 1 saturated heterocycles. The molecule has 1 aromatic heterocycles. The summed E-state index contributed by atoms with van der Waals surface area (Å²) < 4.78 is 6.93. The third-order valence-electron chi connectivity index (χ3n) is 16.6. The van der Waals surface area contributed by atoms with Crippen molar-refractivity contribution in [3.8, 4) is 0 Å². The van der Waals surface area contributed by atoms with E-state index in [1.807, 2.05) is 18.5 Å². The van der Waals surface area contributed by atoms with Crippen LogP contribution in [0.5, 0.6) is 0 Å². The van der Waals surface area contributed by atoms with Crippen molar-refractivity contribution in [1.82, 2.24) is 31.6 Å². The lowest BCUT2D eigenvalue weighted by molar-refractivity contribution is -0.164. The number of carboxylic acid groups (broad SMARTS) is 2. The Morgan fingerprint density at radius 3 is 2.17 bits per heavy atom. The predicted octanol–water partition coefficient (Wildman–Crippen LogP) is 5.10. The molecule has 380 valence electrons. The van der Waals surface area contributed by atoms with Gasteiger partial charge in [-0.25, -0.2) is 9.59 Å². The van der Waals surface area contributed by atoms with Gasteiger partial charge in [-0.1, -0.05) is 74.4 Å². The summed E-state index contributed by atoms with van der Waals surface area (Å²) in [5.74, 6) is -4.97. The Kier molecular flexibility index (Phi) is 16.9. The Labute approximate surface area is 415 Å². The number of rotatable bonds is 19. The summed E-state index contributed by atoms with van der Waals surface area (Å²) in [4.78, 5) is 71.3. The summed E-state index contributed by atoms with van der Waals surface area (Å²) >= 11 is 1.43. The molecule has 9 N–H and O–H groups in total. The van der Waals surface area contributed by atoms with E-state index in [2.05, 4.69) is 68.0 Å². The maximum Gasteiger partial charge on any atom is 0.353 e. The fraction of sp³-hybridized carbons (Fsp3) is 0.623. The van der Waals surface area contributed by atoms with Gasteiger partial charge in [0, 0.05) is 43.7 Å². The molecule has 8 rings (SSSR count). The fourth-order valence-corrected chi connectivity index (χ4v) is 14.8. The molecule has 2 amide bonds. The molecular weight excluding hydrogens is 913 g/mol. The topological polar surface area (TPSA) is 249 Å². The Balaban J connectivity index is 1.23. The summed E-state index contributed by atoms with van der Waals surface area (Å²) in [5.41, 5.74) is 3.13. The molecule has 3 heterocycles. The van der Waals surface area contributed by atoms with Crippen LogP contribution in [0.2, 0.25) is 0 Å². The number of benzene rings is 1. The summed E-state index contributed by atoms with van der Waals surface area (Å²) in [5, 5.41) is 54.0. The van der Waals surface area contributed by atoms with Crippen molar-refractivity contribution in [3.05, 3.63) is 88.5 Å². The number of hydrogen-bond donors (Lipinski definition) is 9. The van der Waals surface area contributed by atoms with Gasteiger partial charge in [-0.3, -0.25) is 24.7 Å². The van der Waals surface area contributed by atoms with Crippen LogP contribution in [0.3, 0.4) is 0 Å². The first-order valence-electron chi connectivity index (χ1n) is 25.6. The van der Waals surface area contributed by atoms with E-state index in [4.69, 9.17) is 4.74 Å². The maximum absolute atomic E-state index is 15.4. The van der Waals surface area contributed by atoms with E-state index < -0.39 is 65.8 Å². The number of piperidine rings is 1. The predicted molar refractivity (Wildman–Crippen MR) is 263 cm³/mol. The Morgan fingerprint density at radius 2 is 1.54 bits per heavy atom. The molecule has 2 saturated carbocycles. The summed E-state index contributed by atoms with van der Waals surface area (Å²) in [6.45, 7) is 0.765. The molecule has 8 atom stereocenters. The Morgan fingerprint density at radius 1 is 0.886 bits per heavy atom. The highest BCUT2D eigenvalue weighted by Crippen LogP contribution is 2.63. The number of ether oxygens (including phenoxy) is 1. The van der Waals surface area contributed by atoms with Crippen molar-refractivity contribution in [2.24, 2.45) is 28.6 Å². The van der Waals surface area contributed by atoms with Crippen molar-refractivity contribution in [1.29, 1.82) is 0 Å². The number of aliphatic hydroxyl groups excluding tert-OH is 1. The van der Waals surface area contributed by atoms with E-state index in [9.17, 15) is 39.6 Å². The van der Waals surface area contributed by atoms with E-state index in [1.165, 1.54) is 22.9 Å². The quantitative estimate of drug-likeness (QED) is 0.0505. The van der Waals surface area contributed by atoms with Gasteiger partial charge in [0.2, 0.25) is 23.8 Å². The van der Waals surface area contributed by atoms with Gasteiger partial charge in [-0.2, -0.15) is 0 Å². The van der Waals surface area contributed by atoms with Gasteiger partial charge in [-0.15, -0.1) is 11.8 Å². The SMILES string of the molecule is CNCNC(O)(CCC(=O)NC(CSC1C2=C3C(C(=O)O2)C(C2NCCCC2Cc2ccccc2)=C(Cc2ccncc2)CC3C2(CCCC2)CCCCC12CCCC2)C(=O)NC(O)C(=O)O)C(=O)O. The summed E-state index contributed by atoms with van der Waals surface area (Å²) in [7, 11) is 1.56. The number of aliphatic hydroxyl groups is 2. The average Bonchev–Trinajstić information content (AvgIpc) is 4.12. The van der Waals surface area contributed by atoms with Crippen molar-refractivity contribution >= 4 is 41.5 Å². The van der Waals surface area contributed by atoms with Gasteiger partial charge in [0.25, 0.3) is 0 Å². The van der Waals surface area contributed by atoms with E-state index in [-0.39, 0.29) is 47.1 Å². The third kappa shape index (κ3) is 11.3. The van der Waals surface area contributed by atoms with Gasteiger partial charge in [-0.05, 0) is 141 Å². The van der Waals surface area contributed by atoms with E-state index in [0.717, 1.165) is 126 Å². The van der Waals surface area contributed by atoms with Gasteiger partial charge < -0.3 is 46.4 Å². The molecule has 70 heavy (non-hydrogen) atoms. The number of hydrogen-bond acceptors (Lipinski definition) is 13. The zero-order chi connectivity index (χ0) is 49.5. The van der Waals surface area contributed by atoms with Crippen molar-refractivity contribution in [3.63, 3.8) is 0 Å². The molecule has 0 bridgehead atoms. The highest BCUT2D eigenvalue weighted by Gasteiger charge is 2.58. The Bertz CT molecular complexity index is 2270. The first-order chi connectivity index (χ1) is 33.8. The number of carboxylic acids is 2. The average molecular weight is 985 g/mol. The number of esters is 1. The van der Waals surface area contributed by atoms with Crippen LogP contribution in [-0.2, 0) is 41.6 Å². The molecule has 6 aliphatic rings. The minimum atomic E-state index is -2.46. The molecule has 8 unspecified atom stereocenters. The van der Waals surface area contributed by atoms with Crippen molar-refractivity contribution in [2.45, 2.75) is 151 Å². The van der Waals surface area contributed by atoms with Crippen molar-refractivity contribution in [2.75, 3.05) is 26.0 Å². The normalized spacial score (nSPS) is 26.8. The largest absolute Gasteiger partial charge is 0.478 e. The third-order valence-corrected chi connectivity index (χ3v) is 18.1. The monoisotopic (exact) mass is 985 g/mol. The number of pyridine rings is 1. The first-order valence-corrected chi connectivity index (χ1v) is 26.6. The highest BCUT2D eigenvalue weighted by molar-refractivity contribution is 8.00. The molecule has 0 radical (unpaired) electrons. The van der Waals surface area contributed by atoms with Crippen LogP contribution in [0, 0.1) is 28.6 Å². The number of aliphatic carboxylic acids is 2. The second kappa shape index (κ2) is 22.8. The van der Waals surface area contributed by atoms with Crippen LogP contribution >= 0.6 is 11.8 Å². The number of amides is 2. The number of aromatic nitrogens is 1. The van der Waals surface area contributed by atoms with Crippen LogP contribution < -0.4 is 26.6 Å². The molecule has 3 fully saturated rings. The first kappa shape index (κ1) is 51.7. The smallest absolute Gasteiger partial charge is 0.353 e. The van der Waals surface area contributed by atoms with Crippen molar-refractivity contribution < 1.29 is 49.1 Å². The van der Waals surface area contributed by atoms with E-state index >= 15 is 4.79 Å². The van der Waals surface area contributed by atoms with Crippen LogP contribution in [0.4, 0.5) is 0 Å². The zero-order valence-corrected chi connectivity index (χ0v) is 41.2. The standard InChI is InChI=1S/C53H72N6O10S/c1-54-32-57-53(68,50(66)67)24-15-39(60)58-38(46(61)59-47(62)48(63)64)31-70-45-44-41-37(51(18-5-6-19-51)20-7-8-21-52(45)22-9-10-23-52)30-36(29-34-16-26-55-27-17-34)40(42(41)49(65)69-44)43-35(14-11-25-56-43)28-33-12-3-2-4-13-33/h2-4,12-13,16-17,26-27,35,37-38,42-43,45,47,54,56-57,62,68H,5-11,14-15,18-25,28-32H2,1H3,(H,58,60)(H,59,61)(H,63,64)(H,66,67). The van der Waals surface area contributed by atoms with Crippen LogP contribution in [-0.4, -0.2) is 110 Å². The lowest BCUT2D eigenvalue weighted by Gasteiger charge is -2.48. The highest BCUT2D eigenvalue weighted by atomic mass is 32.2. The lowest BCUT2D eigenvalue weighted by atomic mass is 9.56.